The highest BCUT2D eigenvalue weighted by molar-refractivity contribution is 6.31. The fourth-order valence-electron chi connectivity index (χ4n) is 2.67. The molecule has 1 aromatic carbocycles. The number of carbonyl (C=O) groups is 1. The topological polar surface area (TPSA) is 40.5 Å². The van der Waals surface area contributed by atoms with E-state index in [2.05, 4.69) is 11.8 Å². The molecule has 1 unspecified atom stereocenters. The Kier molecular flexibility index (Phi) is 4.12. The minimum atomic E-state index is -0.887. The molecule has 1 fully saturated rings. The van der Waals surface area contributed by atoms with Crippen LogP contribution in [0.15, 0.2) is 18.2 Å². The molecule has 2 rings (SSSR count). The summed E-state index contributed by atoms with van der Waals surface area (Å²) in [6.07, 6.45) is 4.49. The number of hydrogen-bond donors (Lipinski definition) is 1. The van der Waals surface area contributed by atoms with Crippen LogP contribution in [0.1, 0.15) is 43.0 Å². The van der Waals surface area contributed by atoms with Crippen molar-refractivity contribution in [1.29, 1.82) is 0 Å². The summed E-state index contributed by atoms with van der Waals surface area (Å²) in [5, 5.41) is 9.87. The molecular weight excluding hydrogens is 250 g/mol. The Hall–Kier alpha value is -1.22. The predicted octanol–water partition coefficient (Wildman–Crippen LogP) is 3.81. The Bertz CT molecular complexity index is 447. The first-order valence-electron chi connectivity index (χ1n) is 6.43. The van der Waals surface area contributed by atoms with Crippen LogP contribution in [0.4, 0.5) is 5.69 Å². The summed E-state index contributed by atoms with van der Waals surface area (Å²) in [7, 11) is 0. The summed E-state index contributed by atoms with van der Waals surface area (Å²) < 4.78 is 0. The summed E-state index contributed by atoms with van der Waals surface area (Å²) in [6.45, 7) is 3.06. The quantitative estimate of drug-likeness (QED) is 0.905. The molecule has 0 aliphatic carbocycles. The van der Waals surface area contributed by atoms with E-state index in [9.17, 15) is 9.90 Å². The minimum absolute atomic E-state index is 0.347. The van der Waals surface area contributed by atoms with Gasteiger partial charge in [-0.2, -0.15) is 0 Å². The van der Waals surface area contributed by atoms with Crippen molar-refractivity contribution in [3.05, 3.63) is 28.8 Å². The SMILES string of the molecule is CCC1CCCCN1c1cc(Cl)ccc1C(=O)O. The largest absolute Gasteiger partial charge is 0.478 e. The third-order valence-corrected chi connectivity index (χ3v) is 3.83. The van der Waals surface area contributed by atoms with Crippen molar-refractivity contribution >= 4 is 23.3 Å². The maximum atomic E-state index is 11.3. The number of aromatic carboxylic acids is 1. The van der Waals surface area contributed by atoms with Crippen molar-refractivity contribution in [3.8, 4) is 0 Å². The van der Waals surface area contributed by atoms with Crippen LogP contribution in [0.2, 0.25) is 5.02 Å². The van der Waals surface area contributed by atoms with Crippen molar-refractivity contribution in [2.45, 2.75) is 38.6 Å². The van der Waals surface area contributed by atoms with Crippen LogP contribution < -0.4 is 4.90 Å². The Balaban J connectivity index is 2.41. The van der Waals surface area contributed by atoms with Gasteiger partial charge in [0, 0.05) is 17.6 Å². The third-order valence-electron chi connectivity index (χ3n) is 3.60. The molecule has 1 aromatic rings. The molecule has 0 bridgehead atoms. The zero-order valence-corrected chi connectivity index (χ0v) is 11.3. The van der Waals surface area contributed by atoms with Gasteiger partial charge in [-0.25, -0.2) is 4.79 Å². The number of carboxylic acids is 1. The smallest absolute Gasteiger partial charge is 0.337 e. The van der Waals surface area contributed by atoms with Crippen LogP contribution in [-0.4, -0.2) is 23.7 Å². The molecule has 0 spiro atoms. The normalized spacial score (nSPS) is 19.9. The molecule has 4 heteroatoms. The Morgan fingerprint density at radius 1 is 1.50 bits per heavy atom. The van der Waals surface area contributed by atoms with Gasteiger partial charge in [0.25, 0.3) is 0 Å². The van der Waals surface area contributed by atoms with E-state index in [1.807, 2.05) is 0 Å². The molecule has 1 aliphatic rings. The van der Waals surface area contributed by atoms with E-state index in [4.69, 9.17) is 11.6 Å². The molecule has 1 N–H and O–H groups in total. The van der Waals surface area contributed by atoms with E-state index < -0.39 is 5.97 Å². The van der Waals surface area contributed by atoms with E-state index in [0.717, 1.165) is 31.5 Å². The van der Waals surface area contributed by atoms with Crippen molar-refractivity contribution < 1.29 is 9.90 Å². The zero-order valence-electron chi connectivity index (χ0n) is 10.5. The summed E-state index contributed by atoms with van der Waals surface area (Å²) in [6, 6.07) is 5.44. The summed E-state index contributed by atoms with van der Waals surface area (Å²) in [4.78, 5) is 13.5. The average molecular weight is 268 g/mol. The van der Waals surface area contributed by atoms with E-state index >= 15 is 0 Å². The van der Waals surface area contributed by atoms with Crippen LogP contribution in [0.25, 0.3) is 0 Å². The van der Waals surface area contributed by atoms with Crippen molar-refractivity contribution in [3.63, 3.8) is 0 Å². The minimum Gasteiger partial charge on any atom is -0.478 e. The summed E-state index contributed by atoms with van der Waals surface area (Å²) in [5.41, 5.74) is 1.11. The Morgan fingerprint density at radius 3 is 2.94 bits per heavy atom. The fraction of sp³-hybridized carbons (Fsp3) is 0.500. The standard InChI is InChI=1S/C14H18ClNO2/c1-2-11-5-3-4-8-16(11)13-9-10(15)6-7-12(13)14(17)18/h6-7,9,11H,2-5,8H2,1H3,(H,17,18). The molecule has 3 nitrogen and oxygen atoms in total. The zero-order chi connectivity index (χ0) is 13.1. The van der Waals surface area contributed by atoms with Gasteiger partial charge in [0.1, 0.15) is 0 Å². The maximum absolute atomic E-state index is 11.3. The van der Waals surface area contributed by atoms with Gasteiger partial charge in [0.15, 0.2) is 0 Å². The van der Waals surface area contributed by atoms with Gasteiger partial charge >= 0.3 is 5.97 Å². The second kappa shape index (κ2) is 5.61. The van der Waals surface area contributed by atoms with Crippen LogP contribution >= 0.6 is 11.6 Å². The average Bonchev–Trinajstić information content (AvgIpc) is 2.38. The fourth-order valence-corrected chi connectivity index (χ4v) is 2.83. The van der Waals surface area contributed by atoms with E-state index in [-0.39, 0.29) is 0 Å². The highest BCUT2D eigenvalue weighted by Gasteiger charge is 2.25. The first-order valence-corrected chi connectivity index (χ1v) is 6.80. The third kappa shape index (κ3) is 2.61. The lowest BCUT2D eigenvalue weighted by molar-refractivity contribution is 0.0697. The van der Waals surface area contributed by atoms with Crippen molar-refractivity contribution in [1.82, 2.24) is 0 Å². The number of piperidine rings is 1. The number of anilines is 1. The lowest BCUT2D eigenvalue weighted by Gasteiger charge is -2.38. The molecule has 1 aliphatic heterocycles. The lowest BCUT2D eigenvalue weighted by Crippen LogP contribution is -2.40. The first-order chi connectivity index (χ1) is 8.63. The molecule has 1 heterocycles. The van der Waals surface area contributed by atoms with Crippen molar-refractivity contribution in [2.24, 2.45) is 0 Å². The second-order valence-corrected chi connectivity index (χ2v) is 5.15. The molecule has 0 saturated carbocycles. The summed E-state index contributed by atoms with van der Waals surface area (Å²) >= 11 is 6.01. The number of benzene rings is 1. The number of rotatable bonds is 3. The molecule has 1 saturated heterocycles. The van der Waals surface area contributed by atoms with Gasteiger partial charge in [0.2, 0.25) is 0 Å². The molecule has 0 amide bonds. The number of halogens is 1. The molecule has 0 aromatic heterocycles. The van der Waals surface area contributed by atoms with E-state index in [0.29, 0.717) is 16.6 Å². The Labute approximate surface area is 112 Å². The molecule has 18 heavy (non-hydrogen) atoms. The van der Waals surface area contributed by atoms with Gasteiger partial charge in [0.05, 0.1) is 11.3 Å². The molecule has 0 radical (unpaired) electrons. The van der Waals surface area contributed by atoms with Crippen LogP contribution in [0.3, 0.4) is 0 Å². The molecule has 1 atom stereocenters. The van der Waals surface area contributed by atoms with Crippen LogP contribution in [0.5, 0.6) is 0 Å². The second-order valence-electron chi connectivity index (χ2n) is 4.72. The van der Waals surface area contributed by atoms with Gasteiger partial charge in [-0.1, -0.05) is 18.5 Å². The van der Waals surface area contributed by atoms with Gasteiger partial charge in [-0.3, -0.25) is 0 Å². The highest BCUT2D eigenvalue weighted by Crippen LogP contribution is 2.31. The number of carboxylic acid groups (broad SMARTS) is 1. The monoisotopic (exact) mass is 267 g/mol. The maximum Gasteiger partial charge on any atom is 0.337 e. The molecular formula is C14H18ClNO2. The van der Waals surface area contributed by atoms with E-state index in [1.165, 1.54) is 6.42 Å². The van der Waals surface area contributed by atoms with Gasteiger partial charge in [-0.15, -0.1) is 0 Å². The van der Waals surface area contributed by atoms with E-state index in [1.54, 1.807) is 18.2 Å². The van der Waals surface area contributed by atoms with Crippen molar-refractivity contribution in [2.75, 3.05) is 11.4 Å². The number of hydrogen-bond acceptors (Lipinski definition) is 2. The first kappa shape index (κ1) is 13.2. The van der Waals surface area contributed by atoms with Crippen LogP contribution in [-0.2, 0) is 0 Å². The number of nitrogens with zero attached hydrogens (tertiary/aromatic N) is 1. The van der Waals surface area contributed by atoms with Crippen LogP contribution in [0, 0.1) is 0 Å². The summed E-state index contributed by atoms with van der Waals surface area (Å²) in [5.74, 6) is -0.887. The van der Waals surface area contributed by atoms with Gasteiger partial charge in [-0.05, 0) is 43.9 Å². The highest BCUT2D eigenvalue weighted by atomic mass is 35.5. The predicted molar refractivity (Wildman–Crippen MR) is 73.7 cm³/mol. The molecule has 98 valence electrons. The Morgan fingerprint density at radius 2 is 2.28 bits per heavy atom. The van der Waals surface area contributed by atoms with Gasteiger partial charge < -0.3 is 10.0 Å². The lowest BCUT2D eigenvalue weighted by atomic mass is 9.98.